The molecule has 17 heavy (non-hydrogen) atoms. The van der Waals surface area contributed by atoms with E-state index in [4.69, 9.17) is 10.3 Å². The van der Waals surface area contributed by atoms with Gasteiger partial charge in [-0.3, -0.25) is 0 Å². The van der Waals surface area contributed by atoms with Gasteiger partial charge in [-0.25, -0.2) is 20.8 Å². The fourth-order valence-corrected chi connectivity index (χ4v) is 1.38. The molecule has 0 saturated heterocycles. The summed E-state index contributed by atoms with van der Waals surface area (Å²) < 4.78 is 5.33. The lowest BCUT2D eigenvalue weighted by molar-refractivity contribution is 0.479. The van der Waals surface area contributed by atoms with E-state index in [0.29, 0.717) is 29.9 Å². The summed E-state index contributed by atoms with van der Waals surface area (Å²) >= 11 is 0. The lowest BCUT2D eigenvalue weighted by atomic mass is 10.5. The second-order valence-electron chi connectivity index (χ2n) is 3.55. The smallest absolute Gasteiger partial charge is 0.213 e. The Morgan fingerprint density at radius 3 is 2.71 bits per heavy atom. The molecule has 2 aromatic heterocycles. The number of aromatic nitrogens is 3. The van der Waals surface area contributed by atoms with Crippen molar-refractivity contribution in [1.82, 2.24) is 15.0 Å². The van der Waals surface area contributed by atoms with Gasteiger partial charge in [0.05, 0.1) is 12.7 Å². The molecule has 0 spiro atoms. The second kappa shape index (κ2) is 4.79. The van der Waals surface area contributed by atoms with Gasteiger partial charge in [-0.15, -0.1) is 0 Å². The van der Waals surface area contributed by atoms with Crippen molar-refractivity contribution < 1.29 is 4.42 Å². The van der Waals surface area contributed by atoms with Gasteiger partial charge in [0, 0.05) is 6.07 Å². The van der Waals surface area contributed by atoms with E-state index >= 15 is 0 Å². The molecule has 7 heteroatoms. The molecule has 7 nitrogen and oxygen atoms in total. The predicted molar refractivity (Wildman–Crippen MR) is 63.1 cm³/mol. The molecule has 0 aliphatic carbocycles. The van der Waals surface area contributed by atoms with Gasteiger partial charge in [0.25, 0.3) is 0 Å². The maximum absolute atomic E-state index is 5.33. The molecule has 2 heterocycles. The molecule has 4 N–H and O–H groups in total. The van der Waals surface area contributed by atoms with Gasteiger partial charge >= 0.3 is 0 Å². The highest BCUT2D eigenvalue weighted by atomic mass is 16.4. The molecular formula is C10H14N6O. The first-order valence-electron chi connectivity index (χ1n) is 5.15. The third kappa shape index (κ3) is 2.91. The van der Waals surface area contributed by atoms with E-state index in [1.807, 2.05) is 6.92 Å². The minimum absolute atomic E-state index is 0.467. The summed E-state index contributed by atoms with van der Waals surface area (Å²) in [5.41, 5.74) is 2.48. The van der Waals surface area contributed by atoms with Crippen LogP contribution >= 0.6 is 0 Å². The Kier molecular flexibility index (Phi) is 3.20. The van der Waals surface area contributed by atoms with Crippen molar-refractivity contribution >= 4 is 11.6 Å². The van der Waals surface area contributed by atoms with Gasteiger partial charge < -0.3 is 15.2 Å². The Labute approximate surface area is 98.4 Å². The van der Waals surface area contributed by atoms with Crippen molar-refractivity contribution in [2.24, 2.45) is 5.84 Å². The fourth-order valence-electron chi connectivity index (χ4n) is 1.38. The number of nitrogens with one attached hydrogen (secondary N) is 2. The molecule has 0 bridgehead atoms. The van der Waals surface area contributed by atoms with Crippen LogP contribution in [0.2, 0.25) is 0 Å². The summed E-state index contributed by atoms with van der Waals surface area (Å²) in [6.07, 6.45) is 1.68. The molecule has 0 fully saturated rings. The van der Waals surface area contributed by atoms with Crippen LogP contribution in [0.5, 0.6) is 0 Å². The summed E-state index contributed by atoms with van der Waals surface area (Å²) in [5, 5.41) is 3.09. The molecule has 0 unspecified atom stereocenters. The van der Waals surface area contributed by atoms with E-state index in [1.54, 1.807) is 19.2 Å². The minimum Gasteiger partial charge on any atom is -0.444 e. The third-order valence-electron chi connectivity index (χ3n) is 2.08. The molecule has 2 aromatic rings. The van der Waals surface area contributed by atoms with E-state index in [2.05, 4.69) is 25.7 Å². The summed E-state index contributed by atoms with van der Waals surface area (Å²) in [5.74, 6) is 8.55. The molecule has 0 saturated carbocycles. The van der Waals surface area contributed by atoms with E-state index in [9.17, 15) is 0 Å². The molecule has 90 valence electrons. The number of hydrazine groups is 1. The van der Waals surface area contributed by atoms with Crippen molar-refractivity contribution in [3.8, 4) is 0 Å². The van der Waals surface area contributed by atoms with Gasteiger partial charge in [-0.1, -0.05) is 0 Å². The number of rotatable bonds is 4. The van der Waals surface area contributed by atoms with E-state index in [0.717, 1.165) is 5.76 Å². The lowest BCUT2D eigenvalue weighted by Gasteiger charge is -2.06. The highest BCUT2D eigenvalue weighted by Crippen LogP contribution is 2.11. The van der Waals surface area contributed by atoms with E-state index in [1.165, 1.54) is 0 Å². The number of nitrogen functional groups attached to an aromatic ring is 1. The zero-order chi connectivity index (χ0) is 12.3. The quantitative estimate of drug-likeness (QED) is 0.535. The highest BCUT2D eigenvalue weighted by Gasteiger charge is 2.03. The Morgan fingerprint density at radius 2 is 2.06 bits per heavy atom. The van der Waals surface area contributed by atoms with Gasteiger partial charge in [0.1, 0.15) is 23.2 Å². The van der Waals surface area contributed by atoms with Gasteiger partial charge in [0.2, 0.25) is 5.89 Å². The zero-order valence-corrected chi connectivity index (χ0v) is 9.69. The van der Waals surface area contributed by atoms with Crippen LogP contribution in [0.4, 0.5) is 11.6 Å². The van der Waals surface area contributed by atoms with E-state index in [-0.39, 0.29) is 0 Å². The van der Waals surface area contributed by atoms with E-state index < -0.39 is 0 Å². The normalized spacial score (nSPS) is 10.3. The summed E-state index contributed by atoms with van der Waals surface area (Å²) in [6.45, 7) is 4.11. The number of anilines is 2. The fraction of sp³-hybridized carbons (Fsp3) is 0.300. The number of hydrogen-bond donors (Lipinski definition) is 3. The lowest BCUT2D eigenvalue weighted by Crippen LogP contribution is -2.11. The number of nitrogens with zero attached hydrogens (tertiary/aromatic N) is 3. The van der Waals surface area contributed by atoms with Crippen LogP contribution in [0.3, 0.4) is 0 Å². The third-order valence-corrected chi connectivity index (χ3v) is 2.08. The second-order valence-corrected chi connectivity index (χ2v) is 3.55. The monoisotopic (exact) mass is 234 g/mol. The van der Waals surface area contributed by atoms with Gasteiger partial charge in [-0.2, -0.15) is 0 Å². The molecule has 0 aromatic carbocycles. The molecule has 0 aliphatic heterocycles. The van der Waals surface area contributed by atoms with Crippen LogP contribution in [0.15, 0.2) is 16.7 Å². The Bertz CT molecular complexity index is 509. The standard InChI is InChI=1S/C10H14N6O/c1-6-4-13-10(17-6)5-12-8-3-9(16-11)15-7(2)14-8/h3-4H,5,11H2,1-2H3,(H2,12,14,15,16). The first-order chi connectivity index (χ1) is 8.17. The maximum atomic E-state index is 5.33. The average molecular weight is 234 g/mol. The molecule has 0 aliphatic rings. The largest absolute Gasteiger partial charge is 0.444 e. The van der Waals surface area contributed by atoms with Gasteiger partial charge in [-0.05, 0) is 13.8 Å². The SMILES string of the molecule is Cc1nc(NN)cc(NCc2ncc(C)o2)n1. The predicted octanol–water partition coefficient (Wildman–Crippen LogP) is 0.979. The zero-order valence-electron chi connectivity index (χ0n) is 9.69. The molecule has 2 rings (SSSR count). The molecular weight excluding hydrogens is 220 g/mol. The Balaban J connectivity index is 2.05. The number of oxazole rings is 1. The van der Waals surface area contributed by atoms with Crippen molar-refractivity contribution in [2.45, 2.75) is 20.4 Å². The van der Waals surface area contributed by atoms with Crippen molar-refractivity contribution in [2.75, 3.05) is 10.7 Å². The number of nitrogens with two attached hydrogens (primary N) is 1. The summed E-state index contributed by atoms with van der Waals surface area (Å²) in [4.78, 5) is 12.4. The minimum atomic E-state index is 0.467. The summed E-state index contributed by atoms with van der Waals surface area (Å²) in [7, 11) is 0. The topological polar surface area (TPSA) is 102 Å². The van der Waals surface area contributed by atoms with Crippen LogP contribution in [0, 0.1) is 13.8 Å². The summed E-state index contributed by atoms with van der Waals surface area (Å²) in [6, 6.07) is 1.71. The van der Waals surface area contributed by atoms with Crippen LogP contribution in [-0.2, 0) is 6.54 Å². The Hall–Kier alpha value is -2.15. The first kappa shape index (κ1) is 11.3. The van der Waals surface area contributed by atoms with Gasteiger partial charge in [0.15, 0.2) is 0 Å². The van der Waals surface area contributed by atoms with Crippen LogP contribution in [0.1, 0.15) is 17.5 Å². The maximum Gasteiger partial charge on any atom is 0.213 e. The molecule has 0 radical (unpaired) electrons. The van der Waals surface area contributed by atoms with Crippen LogP contribution < -0.4 is 16.6 Å². The Morgan fingerprint density at radius 1 is 1.29 bits per heavy atom. The highest BCUT2D eigenvalue weighted by molar-refractivity contribution is 5.46. The first-order valence-corrected chi connectivity index (χ1v) is 5.15. The van der Waals surface area contributed by atoms with Crippen molar-refractivity contribution in [3.63, 3.8) is 0 Å². The van der Waals surface area contributed by atoms with Crippen LogP contribution in [0.25, 0.3) is 0 Å². The molecule has 0 amide bonds. The molecule has 0 atom stereocenters. The van der Waals surface area contributed by atoms with Crippen molar-refractivity contribution in [1.29, 1.82) is 0 Å². The average Bonchev–Trinajstić information content (AvgIpc) is 2.72. The number of aryl methyl sites for hydroxylation is 2. The number of hydrogen-bond acceptors (Lipinski definition) is 7. The van der Waals surface area contributed by atoms with Crippen molar-refractivity contribution in [3.05, 3.63) is 29.7 Å². The van der Waals surface area contributed by atoms with Crippen LogP contribution in [-0.4, -0.2) is 15.0 Å².